The normalized spacial score (nSPS) is 17.5. The van der Waals surface area contributed by atoms with Crippen LogP contribution in [0.2, 0.25) is 0 Å². The lowest BCUT2D eigenvalue weighted by Gasteiger charge is -2.40. The Morgan fingerprint density at radius 1 is 0.943 bits per heavy atom. The number of rotatable bonds is 5. The van der Waals surface area contributed by atoms with Crippen LogP contribution in [0.4, 0.5) is 5.69 Å². The third-order valence-corrected chi connectivity index (χ3v) is 8.45. The topological polar surface area (TPSA) is 113 Å². The molecule has 2 fully saturated rings. The van der Waals surface area contributed by atoms with Crippen LogP contribution in [0.25, 0.3) is 16.7 Å². The first-order chi connectivity index (χ1) is 17.0. The molecule has 0 saturated carbocycles. The molecule has 2 saturated heterocycles. The third-order valence-electron chi connectivity index (χ3n) is 6.54. The maximum Gasteiger partial charge on any atom is 0.262 e. The Balaban J connectivity index is 1.19. The summed E-state index contributed by atoms with van der Waals surface area (Å²) in [4.78, 5) is 22.7. The van der Waals surface area contributed by atoms with Crippen molar-refractivity contribution in [3.8, 4) is 5.69 Å². The number of morpholine rings is 1. The van der Waals surface area contributed by atoms with Gasteiger partial charge in [-0.25, -0.2) is 18.1 Å². The molecule has 0 unspecified atom stereocenters. The van der Waals surface area contributed by atoms with Crippen LogP contribution in [0.15, 0.2) is 70.5 Å². The molecule has 10 nitrogen and oxygen atoms in total. The van der Waals surface area contributed by atoms with Crippen molar-refractivity contribution in [3.05, 3.63) is 77.0 Å². The molecule has 4 aromatic rings. The summed E-state index contributed by atoms with van der Waals surface area (Å²) in [6, 6.07) is 16.5. The third kappa shape index (κ3) is 3.91. The minimum atomic E-state index is -3.52. The molecule has 0 spiro atoms. The fourth-order valence-corrected chi connectivity index (χ4v) is 5.92. The molecule has 6 rings (SSSR count). The van der Waals surface area contributed by atoms with Crippen molar-refractivity contribution in [1.29, 1.82) is 0 Å². The molecule has 11 heteroatoms. The van der Waals surface area contributed by atoms with Gasteiger partial charge in [0.05, 0.1) is 35.9 Å². The quantitative estimate of drug-likeness (QED) is 0.451. The van der Waals surface area contributed by atoms with Crippen molar-refractivity contribution in [1.82, 2.24) is 24.1 Å². The van der Waals surface area contributed by atoms with E-state index in [2.05, 4.69) is 15.0 Å². The predicted octanol–water partition coefficient (Wildman–Crippen LogP) is 1.73. The summed E-state index contributed by atoms with van der Waals surface area (Å²) in [5.41, 5.74) is 2.10. The van der Waals surface area contributed by atoms with Gasteiger partial charge in [-0.05, 0) is 36.4 Å². The lowest BCUT2D eigenvalue weighted by Crippen LogP contribution is -2.46. The van der Waals surface area contributed by atoms with Crippen molar-refractivity contribution < 1.29 is 13.2 Å². The number of anilines is 1. The molecule has 0 bridgehead atoms. The molecule has 0 atom stereocenters. The van der Waals surface area contributed by atoms with Gasteiger partial charge in [0, 0.05) is 31.9 Å². The van der Waals surface area contributed by atoms with Gasteiger partial charge in [-0.3, -0.25) is 4.79 Å². The largest absolute Gasteiger partial charge is 0.379 e. The van der Waals surface area contributed by atoms with Gasteiger partial charge in [-0.2, -0.15) is 9.40 Å². The lowest BCUT2D eigenvalue weighted by molar-refractivity contribution is 0.0730. The van der Waals surface area contributed by atoms with Crippen LogP contribution >= 0.6 is 0 Å². The van der Waals surface area contributed by atoms with E-state index >= 15 is 0 Å². The van der Waals surface area contributed by atoms with Crippen LogP contribution in [0.3, 0.4) is 0 Å². The molecule has 180 valence electrons. The molecule has 0 amide bonds. The van der Waals surface area contributed by atoms with Gasteiger partial charge in [-0.15, -0.1) is 0 Å². The molecule has 4 heterocycles. The molecule has 2 aliphatic heterocycles. The van der Waals surface area contributed by atoms with Crippen LogP contribution in [-0.2, 0) is 14.8 Å². The molecule has 1 N–H and O–H groups in total. The molecular formula is C24H24N6O4S. The van der Waals surface area contributed by atoms with Gasteiger partial charge in [-0.1, -0.05) is 18.2 Å². The summed E-state index contributed by atoms with van der Waals surface area (Å²) in [6.07, 6.45) is 1.54. The number of aromatic nitrogens is 4. The van der Waals surface area contributed by atoms with Gasteiger partial charge >= 0.3 is 0 Å². The van der Waals surface area contributed by atoms with E-state index in [4.69, 9.17) is 9.72 Å². The zero-order valence-electron chi connectivity index (χ0n) is 18.9. The molecule has 0 aliphatic carbocycles. The van der Waals surface area contributed by atoms with Crippen LogP contribution < -0.4 is 10.5 Å². The minimum Gasteiger partial charge on any atom is -0.379 e. The predicted molar refractivity (Wildman–Crippen MR) is 130 cm³/mol. The second kappa shape index (κ2) is 8.59. The Morgan fingerprint density at radius 3 is 2.37 bits per heavy atom. The first-order valence-corrected chi connectivity index (χ1v) is 12.9. The van der Waals surface area contributed by atoms with Crippen LogP contribution in [0.1, 0.15) is 11.7 Å². The monoisotopic (exact) mass is 492 g/mol. The number of ether oxygens (including phenoxy) is 1. The molecule has 0 radical (unpaired) electrons. The summed E-state index contributed by atoms with van der Waals surface area (Å²) in [7, 11) is -3.52. The van der Waals surface area contributed by atoms with Crippen molar-refractivity contribution >= 4 is 26.7 Å². The van der Waals surface area contributed by atoms with Gasteiger partial charge in [0.15, 0.2) is 5.65 Å². The van der Waals surface area contributed by atoms with Crippen LogP contribution in [-0.4, -0.2) is 71.9 Å². The fraction of sp³-hybridized carbons (Fsp3) is 0.292. The highest BCUT2D eigenvalue weighted by Gasteiger charge is 2.32. The van der Waals surface area contributed by atoms with Crippen molar-refractivity contribution in [2.45, 2.75) is 10.8 Å². The van der Waals surface area contributed by atoms with Gasteiger partial charge in [0.2, 0.25) is 10.0 Å². The summed E-state index contributed by atoms with van der Waals surface area (Å²) in [5.74, 6) is 0.686. The number of H-pyrrole nitrogens is 1. The zero-order chi connectivity index (χ0) is 24.0. The number of benzene rings is 2. The number of hydrogen-bond donors (Lipinski definition) is 1. The number of sulfonamides is 1. The molecule has 2 aliphatic rings. The van der Waals surface area contributed by atoms with Gasteiger partial charge < -0.3 is 14.6 Å². The Kier molecular flexibility index (Phi) is 5.39. The van der Waals surface area contributed by atoms with Crippen LogP contribution in [0.5, 0.6) is 0 Å². The average molecular weight is 493 g/mol. The Hall–Kier alpha value is -3.54. The summed E-state index contributed by atoms with van der Waals surface area (Å²) < 4.78 is 34.1. The van der Waals surface area contributed by atoms with Crippen LogP contribution in [0, 0.1) is 0 Å². The summed E-state index contributed by atoms with van der Waals surface area (Å²) in [6.45, 7) is 2.92. The molecule has 35 heavy (non-hydrogen) atoms. The average Bonchev–Trinajstić information content (AvgIpc) is 3.29. The van der Waals surface area contributed by atoms with Gasteiger partial charge in [0.25, 0.3) is 5.56 Å². The smallest absolute Gasteiger partial charge is 0.262 e. The first kappa shape index (κ1) is 22.0. The minimum absolute atomic E-state index is 0.0583. The number of hydrogen-bond acceptors (Lipinski definition) is 7. The summed E-state index contributed by atoms with van der Waals surface area (Å²) >= 11 is 0. The highest BCUT2D eigenvalue weighted by atomic mass is 32.2. The fourth-order valence-electron chi connectivity index (χ4n) is 4.51. The van der Waals surface area contributed by atoms with Crippen molar-refractivity contribution in [3.63, 3.8) is 0 Å². The highest BCUT2D eigenvalue weighted by Crippen LogP contribution is 2.31. The van der Waals surface area contributed by atoms with E-state index in [-0.39, 0.29) is 16.4 Å². The maximum absolute atomic E-state index is 12.8. The Bertz CT molecular complexity index is 1520. The number of fused-ring (bicyclic) bond motifs is 1. The SMILES string of the molecule is O=c1[nH]c(C2CN(c3ccc(S(=O)(=O)N4CCOCC4)cc3)C2)nc2c1cnn2-c1ccccc1. The summed E-state index contributed by atoms with van der Waals surface area (Å²) in [5, 5.41) is 4.81. The van der Waals surface area contributed by atoms with Gasteiger partial charge in [0.1, 0.15) is 11.2 Å². The van der Waals surface area contributed by atoms with E-state index in [1.807, 2.05) is 42.5 Å². The Morgan fingerprint density at radius 2 is 1.66 bits per heavy atom. The number of nitrogens with zero attached hydrogens (tertiary/aromatic N) is 5. The molecule has 2 aromatic carbocycles. The highest BCUT2D eigenvalue weighted by molar-refractivity contribution is 7.89. The van der Waals surface area contributed by atoms with E-state index in [0.29, 0.717) is 56.3 Å². The van der Waals surface area contributed by atoms with E-state index in [0.717, 1.165) is 11.4 Å². The number of nitrogens with one attached hydrogen (secondary N) is 1. The first-order valence-electron chi connectivity index (χ1n) is 11.5. The number of aromatic amines is 1. The molecule has 2 aromatic heterocycles. The van der Waals surface area contributed by atoms with E-state index < -0.39 is 10.0 Å². The second-order valence-corrected chi connectivity index (χ2v) is 10.6. The maximum atomic E-state index is 12.8. The van der Waals surface area contributed by atoms with E-state index in [1.54, 1.807) is 16.8 Å². The van der Waals surface area contributed by atoms with Crippen molar-refractivity contribution in [2.24, 2.45) is 0 Å². The Labute approximate surface area is 201 Å². The molecular weight excluding hydrogens is 468 g/mol. The standard InChI is InChI=1S/C24H24N6O4S/c31-24-21-14-25-30(19-4-2-1-3-5-19)23(21)26-22(27-24)17-15-28(16-17)18-6-8-20(9-7-18)35(32,33)29-10-12-34-13-11-29/h1-9,14,17H,10-13,15-16H2,(H,26,27,31). The van der Waals surface area contributed by atoms with E-state index in [9.17, 15) is 13.2 Å². The zero-order valence-corrected chi connectivity index (χ0v) is 19.7. The lowest BCUT2D eigenvalue weighted by atomic mass is 9.98. The van der Waals surface area contributed by atoms with Crippen molar-refractivity contribution in [2.75, 3.05) is 44.3 Å². The van der Waals surface area contributed by atoms with E-state index in [1.165, 1.54) is 10.5 Å². The second-order valence-electron chi connectivity index (χ2n) is 8.69. The number of para-hydroxylation sites is 1.